The van der Waals surface area contributed by atoms with Gasteiger partial charge in [0.05, 0.1) is 14.2 Å². The molecule has 2 atom stereocenters. The maximum absolute atomic E-state index is 5.47. The molecule has 0 bridgehead atoms. The summed E-state index contributed by atoms with van der Waals surface area (Å²) < 4.78 is 10.9. The van der Waals surface area contributed by atoms with Crippen LogP contribution in [-0.4, -0.2) is 38.9 Å². The summed E-state index contributed by atoms with van der Waals surface area (Å²) in [5.41, 5.74) is 1.83. The molecule has 2 fully saturated rings. The number of rotatable bonds is 6. The molecule has 0 spiro atoms. The van der Waals surface area contributed by atoms with Crippen molar-refractivity contribution in [3.8, 4) is 11.5 Å². The first kappa shape index (κ1) is 36.2. The van der Waals surface area contributed by atoms with Crippen molar-refractivity contribution in [3.63, 3.8) is 0 Å². The largest absolute Gasteiger partial charge is 0.496 e. The number of para-hydroxylation sites is 2. The molecule has 0 amide bonds. The summed E-state index contributed by atoms with van der Waals surface area (Å²) in [5, 5.41) is 2.90. The van der Waals surface area contributed by atoms with E-state index in [0.29, 0.717) is 0 Å². The van der Waals surface area contributed by atoms with E-state index in [1.807, 2.05) is 0 Å². The summed E-state index contributed by atoms with van der Waals surface area (Å²) in [6.45, 7) is 4.84. The van der Waals surface area contributed by atoms with Gasteiger partial charge in [-0.1, -0.05) is 115 Å². The van der Waals surface area contributed by atoms with E-state index in [0.717, 1.165) is 22.8 Å². The van der Waals surface area contributed by atoms with Gasteiger partial charge in [-0.3, -0.25) is 0 Å². The molecule has 0 saturated heterocycles. The summed E-state index contributed by atoms with van der Waals surface area (Å²) >= 11 is 0. The van der Waals surface area contributed by atoms with E-state index in [1.165, 1.54) is 101 Å². The van der Waals surface area contributed by atoms with Gasteiger partial charge >= 0.3 is 0 Å². The smallest absolute Gasteiger partial charge is 0.126 e. The predicted molar refractivity (Wildman–Crippen MR) is 181 cm³/mol. The van der Waals surface area contributed by atoms with E-state index < -0.39 is 0 Å². The molecule has 0 aromatic heterocycles. The minimum atomic E-state index is -0.0455. The van der Waals surface area contributed by atoms with Crippen LogP contribution in [0.2, 0.25) is 0 Å². The number of ether oxygens (including phenoxy) is 2. The van der Waals surface area contributed by atoms with Gasteiger partial charge in [-0.2, -0.15) is 0 Å². The Morgan fingerprint density at radius 3 is 1.15 bits per heavy atom. The summed E-state index contributed by atoms with van der Waals surface area (Å²) in [4.78, 5) is 0. The quantitative estimate of drug-likeness (QED) is 0.172. The number of hydrogen-bond donors (Lipinski definition) is 0. The summed E-state index contributed by atoms with van der Waals surface area (Å²) in [6, 6.07) is 17.1. The van der Waals surface area contributed by atoms with Gasteiger partial charge in [0.15, 0.2) is 0 Å². The molecule has 2 nitrogen and oxygen atoms in total. The number of benzene rings is 2. The fourth-order valence-electron chi connectivity index (χ4n) is 6.03. The Hall–Kier alpha value is -0.997. The fourth-order valence-corrected chi connectivity index (χ4v) is 10.8. The molecule has 0 N–H and O–H groups in total. The van der Waals surface area contributed by atoms with Crippen LogP contribution in [0.5, 0.6) is 11.5 Å². The summed E-state index contributed by atoms with van der Waals surface area (Å²) in [6.07, 6.45) is 28.2. The molecule has 0 aliphatic heterocycles. The second-order valence-corrected chi connectivity index (χ2v) is 16.1. The van der Waals surface area contributed by atoms with Crippen LogP contribution in [0.4, 0.5) is 0 Å². The standard InChI is InChI=1S/2C14H21OP.C8H12.Rh/c2*1-15-13-10-6-7-11-14(13)16(2)12-8-4-3-5-9-12;1-2-4-6-8-7-5-3-1;/h2*6-7,10-12H,3-5,8-9H2,1-2H3;1-2,7-8H,3-6H2;/b;;2-1-,8-7?;. The van der Waals surface area contributed by atoms with Crippen LogP contribution in [0, 0.1) is 0 Å². The molecule has 0 heterocycles. The van der Waals surface area contributed by atoms with Crippen LogP contribution in [0.25, 0.3) is 0 Å². The Morgan fingerprint density at radius 2 is 0.829 bits per heavy atom. The maximum Gasteiger partial charge on any atom is 0.126 e. The second-order valence-electron chi connectivity index (χ2n) is 11.2. The predicted octanol–water partition coefficient (Wildman–Crippen LogP) is 10.2. The van der Waals surface area contributed by atoms with Crippen LogP contribution in [0.1, 0.15) is 89.9 Å². The molecule has 5 rings (SSSR count). The molecule has 3 aliphatic carbocycles. The second kappa shape index (κ2) is 21.7. The third kappa shape index (κ3) is 12.6. The Bertz CT molecular complexity index is 919. The summed E-state index contributed by atoms with van der Waals surface area (Å²) in [5.74, 6) is 2.17. The molecule has 3 aliphatic rings. The maximum atomic E-state index is 5.47. The Kier molecular flexibility index (Phi) is 19.1. The van der Waals surface area contributed by atoms with Gasteiger partial charge in [0, 0.05) is 30.1 Å². The van der Waals surface area contributed by atoms with Gasteiger partial charge in [0.2, 0.25) is 0 Å². The SMILES string of the molecule is C1=CCC/C=C\CC1.COc1ccccc1P(C)C1CCCCC1.COc1ccccc1P(C)C1CCCCC1.[Rh]. The van der Waals surface area contributed by atoms with Gasteiger partial charge in [0.25, 0.3) is 0 Å². The topological polar surface area (TPSA) is 18.5 Å². The van der Waals surface area contributed by atoms with Gasteiger partial charge < -0.3 is 9.47 Å². The minimum Gasteiger partial charge on any atom is -0.496 e. The van der Waals surface area contributed by atoms with Gasteiger partial charge in [-0.25, -0.2) is 0 Å². The third-order valence-corrected chi connectivity index (χ3v) is 14.0. The van der Waals surface area contributed by atoms with E-state index >= 15 is 0 Å². The monoisotopic (exact) mass is 683 g/mol. The average Bonchev–Trinajstić information content (AvgIpc) is 3.01. The first-order chi connectivity index (χ1) is 19.7. The number of allylic oxidation sites excluding steroid dienone is 4. The van der Waals surface area contributed by atoms with Gasteiger partial charge in [-0.05, 0) is 88.1 Å². The number of methoxy groups -OCH3 is 2. The molecular weight excluding hydrogens is 629 g/mol. The zero-order chi connectivity index (χ0) is 28.4. The van der Waals surface area contributed by atoms with E-state index in [1.54, 1.807) is 14.2 Å². The molecule has 2 saturated carbocycles. The van der Waals surface area contributed by atoms with Crippen molar-refractivity contribution in [2.45, 2.75) is 101 Å². The van der Waals surface area contributed by atoms with Crippen LogP contribution in [0.3, 0.4) is 0 Å². The zero-order valence-corrected chi connectivity index (χ0v) is 29.5. The minimum absolute atomic E-state index is 0. The molecule has 2 aromatic rings. The van der Waals surface area contributed by atoms with Crippen LogP contribution in [-0.2, 0) is 19.5 Å². The Morgan fingerprint density at radius 1 is 0.512 bits per heavy atom. The molecule has 2 aromatic carbocycles. The van der Waals surface area contributed by atoms with Crippen molar-refractivity contribution in [2.24, 2.45) is 0 Å². The number of hydrogen-bond acceptors (Lipinski definition) is 2. The van der Waals surface area contributed by atoms with E-state index in [2.05, 4.69) is 86.2 Å². The fraction of sp³-hybridized carbons (Fsp3) is 0.556. The van der Waals surface area contributed by atoms with Crippen molar-refractivity contribution < 1.29 is 29.0 Å². The molecule has 1 radical (unpaired) electrons. The van der Waals surface area contributed by atoms with Crippen molar-refractivity contribution in [3.05, 3.63) is 72.8 Å². The molecule has 41 heavy (non-hydrogen) atoms. The van der Waals surface area contributed by atoms with Gasteiger partial charge in [-0.15, -0.1) is 0 Å². The molecule has 229 valence electrons. The zero-order valence-electron chi connectivity index (χ0n) is 26.0. The van der Waals surface area contributed by atoms with Crippen LogP contribution < -0.4 is 20.1 Å². The van der Waals surface area contributed by atoms with E-state index in [4.69, 9.17) is 9.47 Å². The van der Waals surface area contributed by atoms with E-state index in [9.17, 15) is 0 Å². The molecule has 5 heteroatoms. The van der Waals surface area contributed by atoms with Crippen molar-refractivity contribution in [1.82, 2.24) is 0 Å². The Balaban J connectivity index is 0.000000224. The first-order valence-electron chi connectivity index (χ1n) is 15.7. The van der Waals surface area contributed by atoms with Crippen LogP contribution in [0.15, 0.2) is 72.8 Å². The van der Waals surface area contributed by atoms with Crippen molar-refractivity contribution in [2.75, 3.05) is 27.5 Å². The van der Waals surface area contributed by atoms with Crippen LogP contribution >= 0.6 is 15.8 Å². The normalized spacial score (nSPS) is 19.8. The molecular formula is C36H54O2P2Rh. The average molecular weight is 684 g/mol. The third-order valence-electron chi connectivity index (χ3n) is 8.51. The van der Waals surface area contributed by atoms with Crippen molar-refractivity contribution in [1.29, 1.82) is 0 Å². The van der Waals surface area contributed by atoms with Gasteiger partial charge in [0.1, 0.15) is 11.5 Å². The molecule has 2 unspecified atom stereocenters. The Labute approximate surface area is 267 Å². The van der Waals surface area contributed by atoms with Crippen molar-refractivity contribution >= 4 is 26.5 Å². The van der Waals surface area contributed by atoms with E-state index in [-0.39, 0.29) is 35.3 Å². The summed E-state index contributed by atoms with van der Waals surface area (Å²) in [7, 11) is 3.47. The first-order valence-corrected chi connectivity index (χ1v) is 19.4.